The van der Waals surface area contributed by atoms with Gasteiger partial charge in [0.1, 0.15) is 5.71 Å². The van der Waals surface area contributed by atoms with Crippen molar-refractivity contribution in [2.75, 3.05) is 0 Å². The van der Waals surface area contributed by atoms with Gasteiger partial charge in [0, 0.05) is 31.0 Å². The zero-order chi connectivity index (χ0) is 12.5. The van der Waals surface area contributed by atoms with E-state index >= 15 is 0 Å². The van der Waals surface area contributed by atoms with Gasteiger partial charge < -0.3 is 10.6 Å². The molecule has 2 saturated heterocycles. The monoisotopic (exact) mass is 250 g/mol. The van der Waals surface area contributed by atoms with Crippen LogP contribution in [0.5, 0.6) is 0 Å². The second-order valence-corrected chi connectivity index (χ2v) is 5.37. The lowest BCUT2D eigenvalue weighted by molar-refractivity contribution is -0.121. The maximum absolute atomic E-state index is 12.0. The lowest BCUT2D eigenvalue weighted by atomic mass is 9.99. The first-order valence-corrected chi connectivity index (χ1v) is 6.63. The minimum Gasteiger partial charge on any atom is -0.348 e. The molecule has 18 heavy (non-hydrogen) atoms. The number of hydrogen-bond donors (Lipinski definition) is 3. The van der Waals surface area contributed by atoms with Crippen molar-refractivity contribution in [2.45, 2.75) is 56.7 Å². The first-order chi connectivity index (χ1) is 8.70. The van der Waals surface area contributed by atoms with Gasteiger partial charge >= 0.3 is 0 Å². The van der Waals surface area contributed by atoms with Gasteiger partial charge in [-0.3, -0.25) is 9.59 Å². The maximum Gasteiger partial charge on any atom is 0.267 e. The summed E-state index contributed by atoms with van der Waals surface area (Å²) in [7, 11) is 0. The van der Waals surface area contributed by atoms with Crippen molar-refractivity contribution >= 4 is 17.5 Å². The summed E-state index contributed by atoms with van der Waals surface area (Å²) in [4.78, 5) is 23.0. The van der Waals surface area contributed by atoms with E-state index in [2.05, 4.69) is 21.2 Å². The quantitative estimate of drug-likeness (QED) is 0.626. The van der Waals surface area contributed by atoms with Gasteiger partial charge in [-0.1, -0.05) is 0 Å². The van der Waals surface area contributed by atoms with E-state index in [-0.39, 0.29) is 17.9 Å². The molecule has 2 atom stereocenters. The van der Waals surface area contributed by atoms with Crippen molar-refractivity contribution in [3.8, 4) is 0 Å². The molecule has 3 aliphatic rings. The molecule has 3 heterocycles. The van der Waals surface area contributed by atoms with Crippen molar-refractivity contribution in [3.63, 3.8) is 0 Å². The number of fused-ring (bicyclic) bond motifs is 2. The summed E-state index contributed by atoms with van der Waals surface area (Å²) >= 11 is 0. The predicted octanol–water partition coefficient (Wildman–Crippen LogP) is -0.348. The third kappa shape index (κ3) is 2.38. The Hall–Kier alpha value is -1.43. The summed E-state index contributed by atoms with van der Waals surface area (Å²) in [5.41, 5.74) is 2.80. The molecule has 0 spiro atoms. The van der Waals surface area contributed by atoms with Gasteiger partial charge in [-0.05, 0) is 25.7 Å². The van der Waals surface area contributed by atoms with Crippen LogP contribution >= 0.6 is 0 Å². The smallest absolute Gasteiger partial charge is 0.267 e. The van der Waals surface area contributed by atoms with Crippen LogP contribution in [0.3, 0.4) is 0 Å². The molecule has 2 amide bonds. The van der Waals surface area contributed by atoms with E-state index < -0.39 is 0 Å². The summed E-state index contributed by atoms with van der Waals surface area (Å²) in [6.45, 7) is 0. The molecule has 3 N–H and O–H groups in total. The average Bonchev–Trinajstić information content (AvgIpc) is 2.69. The Bertz CT molecular complexity index is 395. The molecular weight excluding hydrogens is 232 g/mol. The highest BCUT2D eigenvalue weighted by Gasteiger charge is 2.34. The number of carbonyl (C=O) groups excluding carboxylic acids is 2. The van der Waals surface area contributed by atoms with Crippen LogP contribution in [0.4, 0.5) is 0 Å². The van der Waals surface area contributed by atoms with Crippen molar-refractivity contribution in [1.29, 1.82) is 0 Å². The molecule has 98 valence electrons. The van der Waals surface area contributed by atoms with E-state index in [9.17, 15) is 9.59 Å². The Labute approximate surface area is 106 Å². The average molecular weight is 250 g/mol. The third-order valence-electron chi connectivity index (χ3n) is 3.97. The number of piperidine rings is 1. The van der Waals surface area contributed by atoms with Crippen LogP contribution in [0.25, 0.3) is 0 Å². The molecule has 0 aliphatic carbocycles. The van der Waals surface area contributed by atoms with Gasteiger partial charge in [-0.25, -0.2) is 5.43 Å². The maximum atomic E-state index is 12.0. The second kappa shape index (κ2) is 4.68. The number of nitrogens with zero attached hydrogens (tertiary/aromatic N) is 1. The fourth-order valence-corrected chi connectivity index (χ4v) is 3.08. The molecule has 0 radical (unpaired) electrons. The number of hydrogen-bond acceptors (Lipinski definition) is 4. The minimum absolute atomic E-state index is 0.119. The summed E-state index contributed by atoms with van der Waals surface area (Å²) in [6, 6.07) is 1.36. The van der Waals surface area contributed by atoms with Gasteiger partial charge in [0.05, 0.1) is 0 Å². The second-order valence-electron chi connectivity index (χ2n) is 5.37. The molecule has 0 aromatic heterocycles. The fraction of sp³-hybridized carbons (Fsp3) is 0.750. The van der Waals surface area contributed by atoms with Crippen molar-refractivity contribution in [3.05, 3.63) is 0 Å². The van der Waals surface area contributed by atoms with Crippen LogP contribution in [-0.2, 0) is 9.59 Å². The molecule has 0 saturated carbocycles. The molecule has 6 nitrogen and oxygen atoms in total. The van der Waals surface area contributed by atoms with Gasteiger partial charge in [0.15, 0.2) is 0 Å². The third-order valence-corrected chi connectivity index (χ3v) is 3.97. The molecule has 2 unspecified atom stereocenters. The van der Waals surface area contributed by atoms with E-state index in [0.29, 0.717) is 30.6 Å². The van der Waals surface area contributed by atoms with Crippen molar-refractivity contribution < 1.29 is 9.59 Å². The minimum atomic E-state index is -0.124. The Morgan fingerprint density at radius 3 is 2.56 bits per heavy atom. The Balaban J connectivity index is 1.56. The van der Waals surface area contributed by atoms with E-state index in [0.717, 1.165) is 12.8 Å². The number of amides is 2. The number of hydrazone groups is 1. The van der Waals surface area contributed by atoms with Crippen LogP contribution in [-0.4, -0.2) is 35.7 Å². The SMILES string of the molecule is O=C1CCC(C(=O)NC2CC3CCC(C2)N3)=NN1. The molecule has 0 aromatic carbocycles. The van der Waals surface area contributed by atoms with E-state index in [1.54, 1.807) is 0 Å². The standard InChI is InChI=1S/C12H18N4O2/c17-11-4-3-10(15-16-11)12(18)14-9-5-7-1-2-8(6-9)13-7/h7-9,13H,1-6H2,(H,14,18)(H,16,17). The first-order valence-electron chi connectivity index (χ1n) is 6.63. The highest BCUT2D eigenvalue weighted by molar-refractivity contribution is 6.39. The number of carbonyl (C=O) groups is 2. The molecule has 6 heteroatoms. The highest BCUT2D eigenvalue weighted by Crippen LogP contribution is 2.26. The molecule has 2 fully saturated rings. The normalized spacial score (nSPS) is 34.8. The topological polar surface area (TPSA) is 82.6 Å². The lowest BCUT2D eigenvalue weighted by Gasteiger charge is -2.29. The number of rotatable bonds is 2. The van der Waals surface area contributed by atoms with Gasteiger partial charge in [-0.15, -0.1) is 0 Å². The van der Waals surface area contributed by atoms with Crippen LogP contribution in [0.1, 0.15) is 38.5 Å². The fourth-order valence-electron chi connectivity index (χ4n) is 3.08. The summed E-state index contributed by atoms with van der Waals surface area (Å²) < 4.78 is 0. The van der Waals surface area contributed by atoms with Gasteiger partial charge in [0.25, 0.3) is 5.91 Å². The van der Waals surface area contributed by atoms with E-state index in [4.69, 9.17) is 0 Å². The first kappa shape index (κ1) is 11.6. The zero-order valence-corrected chi connectivity index (χ0v) is 10.2. The largest absolute Gasteiger partial charge is 0.348 e. The van der Waals surface area contributed by atoms with Gasteiger partial charge in [-0.2, -0.15) is 5.10 Å². The lowest BCUT2D eigenvalue weighted by Crippen LogP contribution is -2.50. The predicted molar refractivity (Wildman–Crippen MR) is 65.9 cm³/mol. The summed E-state index contributed by atoms with van der Waals surface area (Å²) in [5, 5.41) is 10.4. The Kier molecular flexibility index (Phi) is 3.03. The molecule has 3 rings (SSSR count). The summed E-state index contributed by atoms with van der Waals surface area (Å²) in [5.74, 6) is -0.243. The Morgan fingerprint density at radius 2 is 1.94 bits per heavy atom. The molecule has 3 aliphatic heterocycles. The van der Waals surface area contributed by atoms with Gasteiger partial charge in [0.2, 0.25) is 5.91 Å². The number of nitrogens with one attached hydrogen (secondary N) is 3. The molecular formula is C12H18N4O2. The molecule has 2 bridgehead atoms. The highest BCUT2D eigenvalue weighted by atomic mass is 16.2. The van der Waals surface area contributed by atoms with Crippen molar-refractivity contribution in [1.82, 2.24) is 16.1 Å². The Morgan fingerprint density at radius 1 is 1.22 bits per heavy atom. The van der Waals surface area contributed by atoms with Crippen molar-refractivity contribution in [2.24, 2.45) is 5.10 Å². The van der Waals surface area contributed by atoms with Crippen LogP contribution in [0.2, 0.25) is 0 Å². The summed E-state index contributed by atoms with van der Waals surface area (Å²) in [6.07, 6.45) is 5.23. The van der Waals surface area contributed by atoms with Crippen LogP contribution in [0, 0.1) is 0 Å². The zero-order valence-electron chi connectivity index (χ0n) is 10.2. The van der Waals surface area contributed by atoms with Crippen LogP contribution in [0.15, 0.2) is 5.10 Å². The molecule has 0 aromatic rings. The van der Waals surface area contributed by atoms with Crippen LogP contribution < -0.4 is 16.1 Å². The van der Waals surface area contributed by atoms with E-state index in [1.807, 2.05) is 0 Å². The van der Waals surface area contributed by atoms with E-state index in [1.165, 1.54) is 12.8 Å².